The number of hydrogen-bond donors (Lipinski definition) is 1. The number of halogens is 2. The smallest absolute Gasteiger partial charge is 0.255 e. The van der Waals surface area contributed by atoms with Gasteiger partial charge in [-0.2, -0.15) is 0 Å². The van der Waals surface area contributed by atoms with Gasteiger partial charge in [-0.15, -0.1) is 0 Å². The Hall–Kier alpha value is -1.63. The van der Waals surface area contributed by atoms with Gasteiger partial charge in [-0.25, -0.2) is 4.39 Å². The van der Waals surface area contributed by atoms with E-state index in [9.17, 15) is 9.18 Å². The van der Waals surface area contributed by atoms with E-state index in [1.54, 1.807) is 36.4 Å². The van der Waals surface area contributed by atoms with Crippen LogP contribution in [0.15, 0.2) is 42.5 Å². The van der Waals surface area contributed by atoms with Crippen LogP contribution in [0.4, 0.5) is 10.1 Å². The first-order valence-electron chi connectivity index (χ1n) is 6.59. The second kappa shape index (κ2) is 7.40. The van der Waals surface area contributed by atoms with E-state index in [1.165, 1.54) is 6.07 Å². The van der Waals surface area contributed by atoms with Gasteiger partial charge in [0.2, 0.25) is 0 Å². The Labute approximate surface area is 136 Å². The maximum Gasteiger partial charge on any atom is 0.255 e. The summed E-state index contributed by atoms with van der Waals surface area (Å²) in [5.74, 6) is -0.0795. The second-order valence-electron chi connectivity index (χ2n) is 4.45. The summed E-state index contributed by atoms with van der Waals surface area (Å²) >= 11 is 2.02. The zero-order valence-corrected chi connectivity index (χ0v) is 13.7. The molecule has 110 valence electrons. The van der Waals surface area contributed by atoms with Crippen LogP contribution in [0.25, 0.3) is 0 Å². The van der Waals surface area contributed by atoms with Crippen LogP contribution in [0.3, 0.4) is 0 Å². The first-order valence-corrected chi connectivity index (χ1v) is 7.67. The lowest BCUT2D eigenvalue weighted by Crippen LogP contribution is -2.13. The summed E-state index contributed by atoms with van der Waals surface area (Å²) in [6.45, 7) is 2.66. The van der Waals surface area contributed by atoms with Crippen molar-refractivity contribution in [2.45, 2.75) is 13.3 Å². The van der Waals surface area contributed by atoms with Gasteiger partial charge >= 0.3 is 0 Å². The van der Waals surface area contributed by atoms with Crippen LogP contribution in [-0.2, 0) is 0 Å². The van der Waals surface area contributed by atoms with Gasteiger partial charge in [0.25, 0.3) is 5.91 Å². The third-order valence-electron chi connectivity index (χ3n) is 2.77. The van der Waals surface area contributed by atoms with Crippen LogP contribution in [0.5, 0.6) is 5.75 Å². The number of carbonyl (C=O) groups excluding carboxylic acids is 1. The molecule has 0 aliphatic rings. The van der Waals surface area contributed by atoms with Crippen LogP contribution in [0, 0.1) is 9.39 Å². The van der Waals surface area contributed by atoms with Crippen molar-refractivity contribution in [1.82, 2.24) is 0 Å². The Balaban J connectivity index is 2.06. The molecule has 21 heavy (non-hydrogen) atoms. The van der Waals surface area contributed by atoms with Crippen LogP contribution < -0.4 is 10.1 Å². The molecule has 2 aromatic rings. The van der Waals surface area contributed by atoms with Crippen LogP contribution in [0.1, 0.15) is 23.7 Å². The van der Waals surface area contributed by atoms with Crippen molar-refractivity contribution in [3.05, 3.63) is 57.4 Å². The van der Waals surface area contributed by atoms with Gasteiger partial charge < -0.3 is 10.1 Å². The Morgan fingerprint density at radius 3 is 2.57 bits per heavy atom. The monoisotopic (exact) mass is 399 g/mol. The number of hydrogen-bond acceptors (Lipinski definition) is 2. The van der Waals surface area contributed by atoms with Gasteiger partial charge in [0, 0.05) is 9.13 Å². The lowest BCUT2D eigenvalue weighted by Gasteiger charge is -2.08. The van der Waals surface area contributed by atoms with E-state index < -0.39 is 5.82 Å². The number of ether oxygens (including phenoxy) is 1. The Kier molecular flexibility index (Phi) is 5.55. The Morgan fingerprint density at radius 1 is 1.24 bits per heavy atom. The highest BCUT2D eigenvalue weighted by Crippen LogP contribution is 2.19. The van der Waals surface area contributed by atoms with Gasteiger partial charge in [-0.1, -0.05) is 6.92 Å². The molecule has 0 radical (unpaired) electrons. The predicted molar refractivity (Wildman–Crippen MR) is 89.3 cm³/mol. The number of rotatable bonds is 5. The van der Waals surface area contributed by atoms with Gasteiger partial charge in [-0.05, 0) is 71.5 Å². The van der Waals surface area contributed by atoms with Gasteiger partial charge in [0.15, 0.2) is 0 Å². The molecule has 0 saturated carbocycles. The fraction of sp³-hybridized carbons (Fsp3) is 0.188. The minimum atomic E-state index is -0.446. The number of amides is 1. The molecule has 0 heterocycles. The Morgan fingerprint density at radius 2 is 1.95 bits per heavy atom. The molecule has 5 heteroatoms. The zero-order valence-electron chi connectivity index (χ0n) is 11.5. The van der Waals surface area contributed by atoms with Crippen molar-refractivity contribution in [2.24, 2.45) is 0 Å². The molecule has 0 fully saturated rings. The first kappa shape index (κ1) is 15.8. The Bertz CT molecular complexity index is 629. The van der Waals surface area contributed by atoms with Crippen LogP contribution >= 0.6 is 22.6 Å². The van der Waals surface area contributed by atoms with Crippen molar-refractivity contribution in [3.63, 3.8) is 0 Å². The molecule has 2 rings (SSSR count). The van der Waals surface area contributed by atoms with Gasteiger partial charge in [0.1, 0.15) is 11.6 Å². The first-order chi connectivity index (χ1) is 10.1. The summed E-state index contributed by atoms with van der Waals surface area (Å²) in [4.78, 5) is 12.1. The molecule has 0 spiro atoms. The zero-order chi connectivity index (χ0) is 15.2. The minimum absolute atomic E-state index is 0.173. The summed E-state index contributed by atoms with van der Waals surface area (Å²) in [5.41, 5.74) is 0.628. The van der Waals surface area contributed by atoms with Crippen molar-refractivity contribution >= 4 is 34.2 Å². The molecular formula is C16H15FINO2. The van der Waals surface area contributed by atoms with E-state index in [0.717, 1.165) is 9.99 Å². The fourth-order valence-corrected chi connectivity index (χ4v) is 2.16. The average Bonchev–Trinajstić information content (AvgIpc) is 2.48. The standard InChI is InChI=1S/C16H15FINO2/c1-2-9-21-13-6-3-11(4-7-13)16(20)19-15-8-5-12(18)10-14(15)17/h3-8,10H,2,9H2,1H3,(H,19,20). The maximum absolute atomic E-state index is 13.7. The lowest BCUT2D eigenvalue weighted by molar-refractivity contribution is 0.102. The van der Waals surface area contributed by atoms with E-state index in [-0.39, 0.29) is 11.6 Å². The molecule has 0 aromatic heterocycles. The van der Waals surface area contributed by atoms with Crippen LogP contribution in [0.2, 0.25) is 0 Å². The van der Waals surface area contributed by atoms with Crippen molar-refractivity contribution in [2.75, 3.05) is 11.9 Å². The molecule has 0 unspecified atom stereocenters. The lowest BCUT2D eigenvalue weighted by atomic mass is 10.2. The van der Waals surface area contributed by atoms with E-state index in [4.69, 9.17) is 4.74 Å². The highest BCUT2D eigenvalue weighted by molar-refractivity contribution is 14.1. The molecule has 0 aliphatic heterocycles. The van der Waals surface area contributed by atoms with E-state index in [1.807, 2.05) is 29.5 Å². The third kappa shape index (κ3) is 4.42. The number of benzene rings is 2. The third-order valence-corrected chi connectivity index (χ3v) is 3.44. The molecule has 1 N–H and O–H groups in total. The van der Waals surface area contributed by atoms with Crippen molar-refractivity contribution in [3.8, 4) is 5.75 Å². The SMILES string of the molecule is CCCOc1ccc(C(=O)Nc2ccc(I)cc2F)cc1. The minimum Gasteiger partial charge on any atom is -0.494 e. The molecule has 1 amide bonds. The average molecular weight is 399 g/mol. The van der Waals surface area contributed by atoms with E-state index >= 15 is 0 Å². The van der Waals surface area contributed by atoms with E-state index in [0.29, 0.717) is 17.9 Å². The van der Waals surface area contributed by atoms with Gasteiger partial charge in [0.05, 0.1) is 12.3 Å². The molecule has 0 bridgehead atoms. The van der Waals surface area contributed by atoms with Crippen molar-refractivity contribution < 1.29 is 13.9 Å². The number of nitrogens with one attached hydrogen (secondary N) is 1. The topological polar surface area (TPSA) is 38.3 Å². The number of anilines is 1. The number of carbonyl (C=O) groups is 1. The highest BCUT2D eigenvalue weighted by Gasteiger charge is 2.09. The summed E-state index contributed by atoms with van der Waals surface area (Å²) in [5, 5.41) is 2.56. The molecule has 2 aromatic carbocycles. The summed E-state index contributed by atoms with van der Waals surface area (Å²) in [6, 6.07) is 11.4. The van der Waals surface area contributed by atoms with Crippen LogP contribution in [-0.4, -0.2) is 12.5 Å². The fourth-order valence-electron chi connectivity index (χ4n) is 1.71. The molecule has 3 nitrogen and oxygen atoms in total. The summed E-state index contributed by atoms with van der Waals surface area (Å²) in [7, 11) is 0. The van der Waals surface area contributed by atoms with E-state index in [2.05, 4.69) is 5.32 Å². The second-order valence-corrected chi connectivity index (χ2v) is 5.70. The molecule has 0 saturated heterocycles. The van der Waals surface area contributed by atoms with Gasteiger partial charge in [-0.3, -0.25) is 4.79 Å². The summed E-state index contributed by atoms with van der Waals surface area (Å²) < 4.78 is 19.9. The molecule has 0 aliphatic carbocycles. The normalized spacial score (nSPS) is 10.2. The summed E-state index contributed by atoms with van der Waals surface area (Å²) in [6.07, 6.45) is 0.925. The maximum atomic E-state index is 13.7. The predicted octanol–water partition coefficient (Wildman–Crippen LogP) is 4.47. The molecular weight excluding hydrogens is 384 g/mol. The highest BCUT2D eigenvalue weighted by atomic mass is 127. The largest absolute Gasteiger partial charge is 0.494 e. The molecule has 0 atom stereocenters. The quantitative estimate of drug-likeness (QED) is 0.754. The van der Waals surface area contributed by atoms with Crippen molar-refractivity contribution in [1.29, 1.82) is 0 Å².